The van der Waals surface area contributed by atoms with Gasteiger partial charge in [0.2, 0.25) is 5.91 Å². The van der Waals surface area contributed by atoms with Crippen molar-refractivity contribution in [2.75, 3.05) is 46.0 Å². The molecule has 0 saturated carbocycles. The van der Waals surface area contributed by atoms with Gasteiger partial charge in [0.25, 0.3) is 0 Å². The minimum absolute atomic E-state index is 0.0247. The summed E-state index contributed by atoms with van der Waals surface area (Å²) in [6, 6.07) is 8.52. The number of esters is 1. The highest BCUT2D eigenvalue weighted by Gasteiger charge is 2.29. The molecule has 1 atom stereocenters. The number of morpholine rings is 1. The van der Waals surface area contributed by atoms with E-state index in [1.54, 1.807) is 23.2 Å². The first-order valence-corrected chi connectivity index (χ1v) is 12.3. The van der Waals surface area contributed by atoms with E-state index in [9.17, 15) is 9.59 Å². The summed E-state index contributed by atoms with van der Waals surface area (Å²) in [5, 5.41) is 2.88. The Morgan fingerprint density at radius 2 is 1.97 bits per heavy atom. The number of piperidine rings is 1. The van der Waals surface area contributed by atoms with E-state index in [1.807, 2.05) is 5.38 Å². The third kappa shape index (κ3) is 5.94. The summed E-state index contributed by atoms with van der Waals surface area (Å²) in [6.07, 6.45) is 1.88. The lowest BCUT2D eigenvalue weighted by Crippen LogP contribution is -2.43. The fourth-order valence-electron chi connectivity index (χ4n) is 4.21. The molecule has 8 heteroatoms. The van der Waals surface area contributed by atoms with Crippen LogP contribution in [-0.2, 0) is 32.0 Å². The maximum Gasteiger partial charge on any atom is 0.310 e. The van der Waals surface area contributed by atoms with Gasteiger partial charge in [-0.3, -0.25) is 14.5 Å². The van der Waals surface area contributed by atoms with Crippen LogP contribution in [-0.4, -0.2) is 72.7 Å². The average molecular weight is 458 g/mol. The number of hydrogen-bond donors (Lipinski definition) is 0. The lowest BCUT2D eigenvalue weighted by atomic mass is 9.98. The van der Waals surface area contributed by atoms with Crippen LogP contribution in [0.25, 0.3) is 10.6 Å². The van der Waals surface area contributed by atoms with Crippen LogP contribution in [0.15, 0.2) is 29.6 Å². The number of ether oxygens (including phenoxy) is 2. The molecule has 2 aromatic rings. The van der Waals surface area contributed by atoms with Crippen LogP contribution in [0, 0.1) is 5.92 Å². The topological polar surface area (TPSA) is 72.0 Å². The van der Waals surface area contributed by atoms with E-state index in [0.717, 1.165) is 62.0 Å². The van der Waals surface area contributed by atoms with Crippen LogP contribution >= 0.6 is 11.3 Å². The van der Waals surface area contributed by atoms with Crippen molar-refractivity contribution in [3.05, 3.63) is 40.9 Å². The second-order valence-corrected chi connectivity index (χ2v) is 9.20. The molecule has 1 aromatic carbocycles. The van der Waals surface area contributed by atoms with Gasteiger partial charge in [-0.15, -0.1) is 11.3 Å². The number of hydrogen-bond acceptors (Lipinski definition) is 7. The first-order valence-electron chi connectivity index (χ1n) is 11.4. The molecule has 2 aliphatic rings. The van der Waals surface area contributed by atoms with Crippen molar-refractivity contribution in [1.82, 2.24) is 14.8 Å². The Morgan fingerprint density at radius 3 is 2.72 bits per heavy atom. The van der Waals surface area contributed by atoms with Gasteiger partial charge >= 0.3 is 5.97 Å². The van der Waals surface area contributed by atoms with Gasteiger partial charge in [0, 0.05) is 43.7 Å². The zero-order chi connectivity index (χ0) is 22.3. The summed E-state index contributed by atoms with van der Waals surface area (Å²) < 4.78 is 10.5. The number of rotatable bonds is 7. The summed E-state index contributed by atoms with van der Waals surface area (Å²) in [7, 11) is 0. The number of benzene rings is 1. The van der Waals surface area contributed by atoms with Crippen LogP contribution in [0.4, 0.5) is 0 Å². The van der Waals surface area contributed by atoms with Crippen LogP contribution in [0.1, 0.15) is 31.0 Å². The van der Waals surface area contributed by atoms with Crippen molar-refractivity contribution in [3.63, 3.8) is 0 Å². The van der Waals surface area contributed by atoms with Crippen molar-refractivity contribution in [3.8, 4) is 10.6 Å². The Morgan fingerprint density at radius 1 is 1.19 bits per heavy atom. The second kappa shape index (κ2) is 11.0. The van der Waals surface area contributed by atoms with Gasteiger partial charge in [-0.25, -0.2) is 4.98 Å². The molecule has 2 aliphatic heterocycles. The molecule has 1 amide bonds. The van der Waals surface area contributed by atoms with Crippen LogP contribution in [0.2, 0.25) is 0 Å². The van der Waals surface area contributed by atoms with E-state index in [1.165, 1.54) is 5.56 Å². The van der Waals surface area contributed by atoms with Gasteiger partial charge in [0.05, 0.1) is 37.9 Å². The van der Waals surface area contributed by atoms with Crippen molar-refractivity contribution in [2.45, 2.75) is 32.7 Å². The van der Waals surface area contributed by atoms with E-state index in [2.05, 4.69) is 29.2 Å². The van der Waals surface area contributed by atoms with Gasteiger partial charge in [0.15, 0.2) is 0 Å². The number of amides is 1. The molecule has 4 rings (SSSR count). The minimum Gasteiger partial charge on any atom is -0.466 e. The molecule has 172 valence electrons. The minimum atomic E-state index is -0.213. The normalized spacial score (nSPS) is 19.7. The third-order valence-electron chi connectivity index (χ3n) is 5.99. The van der Waals surface area contributed by atoms with Gasteiger partial charge in [-0.1, -0.05) is 24.3 Å². The Hall–Kier alpha value is -2.29. The van der Waals surface area contributed by atoms with E-state index < -0.39 is 0 Å². The molecule has 0 radical (unpaired) electrons. The second-order valence-electron chi connectivity index (χ2n) is 8.34. The fraction of sp³-hybridized carbons (Fsp3) is 0.542. The summed E-state index contributed by atoms with van der Waals surface area (Å²) >= 11 is 1.56. The van der Waals surface area contributed by atoms with Crippen molar-refractivity contribution in [1.29, 1.82) is 0 Å². The molecule has 7 nitrogen and oxygen atoms in total. The number of likely N-dealkylation sites (tertiary alicyclic amines) is 1. The standard InChI is InChI=1S/C24H31N3O4S/c1-2-31-24(29)20-4-3-9-27(16-20)22(28)14-21-17-32-23(25-21)19-7-5-18(6-8-19)15-26-10-12-30-13-11-26/h5-8,17,20H,2-4,9-16H2,1H3. The lowest BCUT2D eigenvalue weighted by molar-refractivity contribution is -0.151. The molecule has 0 bridgehead atoms. The monoisotopic (exact) mass is 457 g/mol. The molecule has 3 heterocycles. The van der Waals surface area contributed by atoms with Crippen molar-refractivity contribution in [2.24, 2.45) is 5.92 Å². The number of thiazole rings is 1. The molecular weight excluding hydrogens is 426 g/mol. The van der Waals surface area contributed by atoms with Crippen molar-refractivity contribution >= 4 is 23.2 Å². The fourth-order valence-corrected chi connectivity index (χ4v) is 5.04. The van der Waals surface area contributed by atoms with E-state index >= 15 is 0 Å². The zero-order valence-corrected chi connectivity index (χ0v) is 19.4. The highest BCUT2D eigenvalue weighted by molar-refractivity contribution is 7.13. The molecule has 2 saturated heterocycles. The maximum atomic E-state index is 12.8. The van der Waals surface area contributed by atoms with Gasteiger partial charge < -0.3 is 14.4 Å². The van der Waals surface area contributed by atoms with Crippen LogP contribution in [0.5, 0.6) is 0 Å². The number of carbonyl (C=O) groups excluding carboxylic acids is 2. The molecular formula is C24H31N3O4S. The van der Waals surface area contributed by atoms with Crippen molar-refractivity contribution < 1.29 is 19.1 Å². The summed E-state index contributed by atoms with van der Waals surface area (Å²) in [5.74, 6) is -0.385. The number of nitrogens with zero attached hydrogens (tertiary/aromatic N) is 3. The quantitative estimate of drug-likeness (QED) is 0.596. The van der Waals surface area contributed by atoms with E-state index in [4.69, 9.17) is 14.5 Å². The predicted octanol–water partition coefficient (Wildman–Crippen LogP) is 2.99. The molecule has 2 fully saturated rings. The largest absolute Gasteiger partial charge is 0.466 e. The highest BCUT2D eigenvalue weighted by atomic mass is 32.1. The van der Waals surface area contributed by atoms with Crippen LogP contribution in [0.3, 0.4) is 0 Å². The Balaban J connectivity index is 1.32. The SMILES string of the molecule is CCOC(=O)C1CCCN(C(=O)Cc2csc(-c3ccc(CN4CCOCC4)cc3)n2)C1. The molecule has 0 N–H and O–H groups in total. The highest BCUT2D eigenvalue weighted by Crippen LogP contribution is 2.25. The molecule has 0 aliphatic carbocycles. The molecule has 1 unspecified atom stereocenters. The summed E-state index contributed by atoms with van der Waals surface area (Å²) in [6.45, 7) is 7.81. The lowest BCUT2D eigenvalue weighted by Gasteiger charge is -2.31. The van der Waals surface area contributed by atoms with Gasteiger partial charge in [-0.05, 0) is 25.3 Å². The smallest absolute Gasteiger partial charge is 0.310 e. The van der Waals surface area contributed by atoms with Gasteiger partial charge in [0.1, 0.15) is 5.01 Å². The number of aromatic nitrogens is 1. The average Bonchev–Trinajstić information content (AvgIpc) is 3.29. The number of carbonyl (C=O) groups is 2. The molecule has 32 heavy (non-hydrogen) atoms. The van der Waals surface area contributed by atoms with Gasteiger partial charge in [-0.2, -0.15) is 0 Å². The molecule has 0 spiro atoms. The summed E-state index contributed by atoms with van der Waals surface area (Å²) in [5.41, 5.74) is 3.13. The van der Waals surface area contributed by atoms with E-state index in [-0.39, 0.29) is 24.2 Å². The first-order chi connectivity index (χ1) is 15.6. The Bertz CT molecular complexity index is 908. The molecule has 1 aromatic heterocycles. The first kappa shape index (κ1) is 22.9. The summed E-state index contributed by atoms with van der Waals surface area (Å²) in [4.78, 5) is 33.7. The third-order valence-corrected chi connectivity index (χ3v) is 6.93. The van der Waals surface area contributed by atoms with E-state index in [0.29, 0.717) is 19.7 Å². The predicted molar refractivity (Wildman–Crippen MR) is 123 cm³/mol. The Labute approximate surface area is 193 Å². The maximum absolute atomic E-state index is 12.8. The Kier molecular flexibility index (Phi) is 7.89. The zero-order valence-electron chi connectivity index (χ0n) is 18.6. The van der Waals surface area contributed by atoms with Crippen LogP contribution < -0.4 is 0 Å².